The fraction of sp³-hybridized carbons (Fsp3) is 0.176. The zero-order valence-electron chi connectivity index (χ0n) is 12.5. The number of carboxylic acids is 1. The van der Waals surface area contributed by atoms with E-state index in [1.54, 1.807) is 12.1 Å². The van der Waals surface area contributed by atoms with Crippen LogP contribution in [0.5, 0.6) is 0 Å². The number of carboxylic acid groups (broad SMARTS) is 1. The monoisotopic (exact) mass is 298 g/mol. The molecule has 0 aromatic heterocycles. The van der Waals surface area contributed by atoms with Crippen molar-refractivity contribution in [3.63, 3.8) is 0 Å². The largest absolute Gasteiger partial charge is 0.478 e. The first-order valence-electron chi connectivity index (χ1n) is 6.97. The molecule has 0 spiro atoms. The number of aromatic carboxylic acids is 1. The van der Waals surface area contributed by atoms with Gasteiger partial charge in [-0.15, -0.1) is 0 Å². The molecule has 0 heterocycles. The smallest absolute Gasteiger partial charge is 0.335 e. The lowest BCUT2D eigenvalue weighted by Gasteiger charge is -2.10. The first-order chi connectivity index (χ1) is 10.5. The summed E-state index contributed by atoms with van der Waals surface area (Å²) in [5.41, 5.74) is 2.42. The Hall–Kier alpha value is -2.82. The lowest BCUT2D eigenvalue weighted by Crippen LogP contribution is -2.19. The minimum atomic E-state index is -1.03. The number of anilines is 2. The van der Waals surface area contributed by atoms with Gasteiger partial charge in [-0.25, -0.2) is 9.59 Å². The molecule has 0 fully saturated rings. The summed E-state index contributed by atoms with van der Waals surface area (Å²) < 4.78 is 0. The van der Waals surface area contributed by atoms with Crippen molar-refractivity contribution in [1.82, 2.24) is 0 Å². The number of benzene rings is 2. The van der Waals surface area contributed by atoms with Gasteiger partial charge in [0, 0.05) is 11.4 Å². The van der Waals surface area contributed by atoms with Crippen molar-refractivity contribution >= 4 is 23.4 Å². The summed E-state index contributed by atoms with van der Waals surface area (Å²) in [6.07, 6.45) is 0. The SMILES string of the molecule is CC(C)c1ccc(NC(=O)Nc2cccc(C(=O)O)c2)cc1. The Balaban J connectivity index is 2.00. The van der Waals surface area contributed by atoms with Crippen molar-refractivity contribution in [2.45, 2.75) is 19.8 Å². The average molecular weight is 298 g/mol. The Morgan fingerprint density at radius 3 is 2.18 bits per heavy atom. The van der Waals surface area contributed by atoms with E-state index in [0.717, 1.165) is 0 Å². The summed E-state index contributed by atoms with van der Waals surface area (Å²) in [7, 11) is 0. The summed E-state index contributed by atoms with van der Waals surface area (Å²) >= 11 is 0. The van der Waals surface area contributed by atoms with Crippen LogP contribution in [0.1, 0.15) is 35.7 Å². The van der Waals surface area contributed by atoms with Crippen LogP contribution in [0, 0.1) is 0 Å². The zero-order valence-corrected chi connectivity index (χ0v) is 12.5. The van der Waals surface area contributed by atoms with Gasteiger partial charge in [0.05, 0.1) is 5.56 Å². The molecule has 0 aliphatic rings. The fourth-order valence-corrected chi connectivity index (χ4v) is 1.97. The highest BCUT2D eigenvalue weighted by Gasteiger charge is 2.07. The topological polar surface area (TPSA) is 78.4 Å². The van der Waals surface area contributed by atoms with Gasteiger partial charge in [0.15, 0.2) is 0 Å². The molecule has 0 unspecified atom stereocenters. The summed E-state index contributed by atoms with van der Waals surface area (Å²) in [5, 5.41) is 14.2. The van der Waals surface area contributed by atoms with E-state index in [1.165, 1.54) is 17.7 Å². The molecule has 0 bridgehead atoms. The standard InChI is InChI=1S/C17H18N2O3/c1-11(2)12-6-8-14(9-7-12)18-17(22)19-15-5-3-4-13(10-15)16(20)21/h3-11H,1-2H3,(H,20,21)(H2,18,19,22). The van der Waals surface area contributed by atoms with E-state index in [0.29, 0.717) is 17.3 Å². The maximum absolute atomic E-state index is 11.9. The molecule has 2 rings (SSSR count). The molecular weight excluding hydrogens is 280 g/mol. The first kappa shape index (κ1) is 15.6. The lowest BCUT2D eigenvalue weighted by molar-refractivity contribution is 0.0697. The molecule has 0 atom stereocenters. The van der Waals surface area contributed by atoms with Gasteiger partial charge in [-0.3, -0.25) is 0 Å². The average Bonchev–Trinajstić information content (AvgIpc) is 2.47. The van der Waals surface area contributed by atoms with E-state index in [4.69, 9.17) is 5.11 Å². The van der Waals surface area contributed by atoms with E-state index >= 15 is 0 Å². The van der Waals surface area contributed by atoms with Crippen molar-refractivity contribution in [3.05, 3.63) is 59.7 Å². The Morgan fingerprint density at radius 1 is 0.955 bits per heavy atom. The highest BCUT2D eigenvalue weighted by atomic mass is 16.4. The molecule has 5 heteroatoms. The number of rotatable bonds is 4. The highest BCUT2D eigenvalue weighted by Crippen LogP contribution is 2.17. The molecule has 2 aromatic rings. The molecule has 2 aromatic carbocycles. The number of carbonyl (C=O) groups excluding carboxylic acids is 1. The molecule has 22 heavy (non-hydrogen) atoms. The molecule has 2 amide bonds. The predicted octanol–water partition coefficient (Wildman–Crippen LogP) is 4.15. The summed E-state index contributed by atoms with van der Waals surface area (Å²) in [6.45, 7) is 4.20. The van der Waals surface area contributed by atoms with Crippen molar-refractivity contribution in [2.24, 2.45) is 0 Å². The Bertz CT molecular complexity index is 679. The summed E-state index contributed by atoms with van der Waals surface area (Å²) in [5.74, 6) is -0.602. The molecule has 3 N–H and O–H groups in total. The van der Waals surface area contributed by atoms with Crippen LogP contribution >= 0.6 is 0 Å². The van der Waals surface area contributed by atoms with Gasteiger partial charge in [0.2, 0.25) is 0 Å². The van der Waals surface area contributed by atoms with Crippen LogP contribution in [0.25, 0.3) is 0 Å². The minimum absolute atomic E-state index is 0.124. The predicted molar refractivity (Wildman–Crippen MR) is 86.6 cm³/mol. The van der Waals surface area contributed by atoms with Crippen molar-refractivity contribution in [1.29, 1.82) is 0 Å². The Kier molecular flexibility index (Phi) is 4.78. The van der Waals surface area contributed by atoms with Gasteiger partial charge in [-0.2, -0.15) is 0 Å². The number of carbonyl (C=O) groups is 2. The fourth-order valence-electron chi connectivity index (χ4n) is 1.97. The summed E-state index contributed by atoms with van der Waals surface area (Å²) in [4.78, 5) is 22.8. The van der Waals surface area contributed by atoms with E-state index in [9.17, 15) is 9.59 Å². The number of amides is 2. The van der Waals surface area contributed by atoms with Gasteiger partial charge in [-0.05, 0) is 41.8 Å². The van der Waals surface area contributed by atoms with Gasteiger partial charge in [-0.1, -0.05) is 32.0 Å². The molecule has 5 nitrogen and oxygen atoms in total. The Morgan fingerprint density at radius 2 is 1.59 bits per heavy atom. The van der Waals surface area contributed by atoms with Crippen LogP contribution < -0.4 is 10.6 Å². The second kappa shape index (κ2) is 6.76. The third-order valence-electron chi connectivity index (χ3n) is 3.20. The quantitative estimate of drug-likeness (QED) is 0.793. The van der Waals surface area contributed by atoms with Gasteiger partial charge in [0.1, 0.15) is 0 Å². The van der Waals surface area contributed by atoms with Crippen LogP contribution in [0.4, 0.5) is 16.2 Å². The molecule has 114 valence electrons. The highest BCUT2D eigenvalue weighted by molar-refractivity contribution is 6.00. The molecule has 0 radical (unpaired) electrons. The van der Waals surface area contributed by atoms with Crippen LogP contribution in [-0.4, -0.2) is 17.1 Å². The first-order valence-corrected chi connectivity index (χ1v) is 6.97. The van der Waals surface area contributed by atoms with Gasteiger partial charge < -0.3 is 15.7 Å². The van der Waals surface area contributed by atoms with Gasteiger partial charge in [0.25, 0.3) is 0 Å². The molecule has 0 aliphatic heterocycles. The van der Waals surface area contributed by atoms with E-state index in [1.807, 2.05) is 24.3 Å². The van der Waals surface area contributed by atoms with E-state index < -0.39 is 12.0 Å². The summed E-state index contributed by atoms with van der Waals surface area (Å²) in [6, 6.07) is 13.3. The van der Waals surface area contributed by atoms with Crippen LogP contribution in [-0.2, 0) is 0 Å². The molecule has 0 saturated heterocycles. The minimum Gasteiger partial charge on any atom is -0.478 e. The lowest BCUT2D eigenvalue weighted by atomic mass is 10.0. The normalized spacial score (nSPS) is 10.3. The maximum atomic E-state index is 11.9. The molecule has 0 aliphatic carbocycles. The van der Waals surface area contributed by atoms with E-state index in [2.05, 4.69) is 24.5 Å². The van der Waals surface area contributed by atoms with Crippen LogP contribution in [0.15, 0.2) is 48.5 Å². The number of urea groups is 1. The number of nitrogens with one attached hydrogen (secondary N) is 2. The van der Waals surface area contributed by atoms with Crippen molar-refractivity contribution in [2.75, 3.05) is 10.6 Å². The molecule has 0 saturated carbocycles. The zero-order chi connectivity index (χ0) is 16.1. The van der Waals surface area contributed by atoms with Crippen LogP contribution in [0.2, 0.25) is 0 Å². The number of hydrogen-bond acceptors (Lipinski definition) is 2. The number of hydrogen-bond donors (Lipinski definition) is 3. The van der Waals surface area contributed by atoms with Crippen LogP contribution in [0.3, 0.4) is 0 Å². The van der Waals surface area contributed by atoms with Gasteiger partial charge >= 0.3 is 12.0 Å². The second-order valence-corrected chi connectivity index (χ2v) is 5.24. The second-order valence-electron chi connectivity index (χ2n) is 5.24. The van der Waals surface area contributed by atoms with Crippen molar-refractivity contribution in [3.8, 4) is 0 Å². The third kappa shape index (κ3) is 4.09. The Labute approximate surface area is 129 Å². The molecular formula is C17H18N2O3. The van der Waals surface area contributed by atoms with Crippen molar-refractivity contribution < 1.29 is 14.7 Å². The maximum Gasteiger partial charge on any atom is 0.335 e. The van der Waals surface area contributed by atoms with E-state index in [-0.39, 0.29) is 5.56 Å². The third-order valence-corrected chi connectivity index (χ3v) is 3.20.